The lowest BCUT2D eigenvalue weighted by molar-refractivity contribution is -0.171. The highest BCUT2D eigenvalue weighted by atomic mass is 16.6. The van der Waals surface area contributed by atoms with Crippen LogP contribution in [0.5, 0.6) is 0 Å². The standard InChI is InChI=1S/C32H26O8/c33-27(25-15-11-23(12-16-25)21-7-3-1-4-8-21)19-39-31(37)29(35)30(36)32(38)40-20-28(34)26-17-13-24(14-18-26)22-9-5-2-6-10-22/h1-18,29-30,35-36H,19-20H2/t29-,30+. The summed E-state index contributed by atoms with van der Waals surface area (Å²) < 4.78 is 9.55. The number of benzene rings is 4. The zero-order chi connectivity index (χ0) is 28.5. The lowest BCUT2D eigenvalue weighted by Crippen LogP contribution is -2.42. The summed E-state index contributed by atoms with van der Waals surface area (Å²) in [5.74, 6) is -3.86. The maximum absolute atomic E-state index is 12.4. The normalized spacial score (nSPS) is 12.2. The molecule has 0 aliphatic heterocycles. The van der Waals surface area contributed by atoms with E-state index in [1.807, 2.05) is 60.7 Å². The molecule has 0 heterocycles. The minimum atomic E-state index is -2.30. The molecule has 0 saturated carbocycles. The lowest BCUT2D eigenvalue weighted by atomic mass is 10.0. The number of ether oxygens (including phenoxy) is 2. The molecule has 0 fully saturated rings. The van der Waals surface area contributed by atoms with Crippen LogP contribution >= 0.6 is 0 Å². The minimum Gasteiger partial charge on any atom is -0.455 e. The smallest absolute Gasteiger partial charge is 0.338 e. The van der Waals surface area contributed by atoms with Crippen molar-refractivity contribution < 1.29 is 38.9 Å². The van der Waals surface area contributed by atoms with E-state index in [0.29, 0.717) is 0 Å². The van der Waals surface area contributed by atoms with Crippen LogP contribution in [0.25, 0.3) is 22.3 Å². The van der Waals surface area contributed by atoms with Gasteiger partial charge in [-0.15, -0.1) is 0 Å². The molecule has 4 aromatic carbocycles. The molecule has 0 radical (unpaired) electrons. The van der Waals surface area contributed by atoms with Crippen LogP contribution in [-0.4, -0.2) is 59.1 Å². The van der Waals surface area contributed by atoms with Gasteiger partial charge in [-0.25, -0.2) is 9.59 Å². The third-order valence-electron chi connectivity index (χ3n) is 6.10. The van der Waals surface area contributed by atoms with Crippen molar-refractivity contribution in [3.05, 3.63) is 120 Å². The van der Waals surface area contributed by atoms with Gasteiger partial charge in [-0.2, -0.15) is 0 Å². The Bertz CT molecular complexity index is 1350. The molecule has 4 aromatic rings. The quantitative estimate of drug-likeness (QED) is 0.218. The van der Waals surface area contributed by atoms with Crippen molar-refractivity contribution in [2.24, 2.45) is 0 Å². The Morgan fingerprint density at radius 2 is 0.775 bits per heavy atom. The average molecular weight is 539 g/mol. The number of hydrogen-bond donors (Lipinski definition) is 2. The van der Waals surface area contributed by atoms with Gasteiger partial charge in [0.15, 0.2) is 37.0 Å². The molecule has 2 N–H and O–H groups in total. The van der Waals surface area contributed by atoms with Crippen molar-refractivity contribution in [2.75, 3.05) is 13.2 Å². The van der Waals surface area contributed by atoms with Crippen LogP contribution in [0.3, 0.4) is 0 Å². The molecule has 0 unspecified atom stereocenters. The van der Waals surface area contributed by atoms with Gasteiger partial charge in [0.1, 0.15) is 0 Å². The monoisotopic (exact) mass is 538 g/mol. The van der Waals surface area contributed by atoms with E-state index >= 15 is 0 Å². The minimum absolute atomic E-state index is 0.275. The van der Waals surface area contributed by atoms with Gasteiger partial charge in [0.25, 0.3) is 0 Å². The molecule has 0 aliphatic rings. The van der Waals surface area contributed by atoms with Gasteiger partial charge in [-0.3, -0.25) is 9.59 Å². The summed E-state index contributed by atoms with van der Waals surface area (Å²) in [4.78, 5) is 49.0. The van der Waals surface area contributed by atoms with Crippen molar-refractivity contribution >= 4 is 23.5 Å². The van der Waals surface area contributed by atoms with E-state index in [4.69, 9.17) is 9.47 Å². The Kier molecular flexibility index (Phi) is 9.30. The number of carbonyl (C=O) groups is 4. The Hall–Kier alpha value is -4.92. The third-order valence-corrected chi connectivity index (χ3v) is 6.10. The van der Waals surface area contributed by atoms with Crippen molar-refractivity contribution in [2.45, 2.75) is 12.2 Å². The Labute approximate surface area is 230 Å². The van der Waals surface area contributed by atoms with Crippen LogP contribution in [0.15, 0.2) is 109 Å². The number of rotatable bonds is 11. The molecule has 0 amide bonds. The molecule has 0 bridgehead atoms. The van der Waals surface area contributed by atoms with Crippen LogP contribution in [0.2, 0.25) is 0 Å². The maximum atomic E-state index is 12.4. The van der Waals surface area contributed by atoms with Crippen LogP contribution in [0, 0.1) is 0 Å². The fraction of sp³-hybridized carbons (Fsp3) is 0.125. The van der Waals surface area contributed by atoms with Gasteiger partial charge >= 0.3 is 11.9 Å². The molecule has 4 rings (SSSR count). The molecule has 8 nitrogen and oxygen atoms in total. The summed E-state index contributed by atoms with van der Waals surface area (Å²) in [5, 5.41) is 20.0. The van der Waals surface area contributed by atoms with E-state index in [1.54, 1.807) is 48.5 Å². The fourth-order valence-corrected chi connectivity index (χ4v) is 3.83. The van der Waals surface area contributed by atoms with Crippen LogP contribution in [0.4, 0.5) is 0 Å². The molecular formula is C32H26O8. The summed E-state index contributed by atoms with van der Waals surface area (Å²) >= 11 is 0. The van der Waals surface area contributed by atoms with Crippen molar-refractivity contribution in [1.29, 1.82) is 0 Å². The Balaban J connectivity index is 1.23. The summed E-state index contributed by atoms with van der Waals surface area (Å²) in [6.07, 6.45) is -4.61. The summed E-state index contributed by atoms with van der Waals surface area (Å²) in [6.45, 7) is -1.42. The first-order chi connectivity index (χ1) is 19.3. The highest BCUT2D eigenvalue weighted by Crippen LogP contribution is 2.20. The largest absolute Gasteiger partial charge is 0.455 e. The van der Waals surface area contributed by atoms with Gasteiger partial charge in [0.2, 0.25) is 0 Å². The van der Waals surface area contributed by atoms with Crippen molar-refractivity contribution in [1.82, 2.24) is 0 Å². The van der Waals surface area contributed by atoms with Crippen LogP contribution in [-0.2, 0) is 19.1 Å². The molecule has 0 saturated heterocycles. The second-order valence-corrected chi connectivity index (χ2v) is 8.84. The van der Waals surface area contributed by atoms with Crippen LogP contribution < -0.4 is 0 Å². The number of esters is 2. The predicted octanol–water partition coefficient (Wildman–Crippen LogP) is 3.89. The van der Waals surface area contributed by atoms with Gasteiger partial charge < -0.3 is 19.7 Å². The number of aliphatic hydroxyl groups is 2. The first-order valence-electron chi connectivity index (χ1n) is 12.4. The fourth-order valence-electron chi connectivity index (χ4n) is 3.83. The van der Waals surface area contributed by atoms with E-state index in [9.17, 15) is 29.4 Å². The van der Waals surface area contributed by atoms with Crippen molar-refractivity contribution in [3.8, 4) is 22.3 Å². The summed E-state index contributed by atoms with van der Waals surface area (Å²) in [6, 6.07) is 32.4. The molecular weight excluding hydrogens is 512 g/mol. The SMILES string of the molecule is O=C(COC(=O)[C@@H](O)[C@@H](O)C(=O)OCC(=O)c1ccc(-c2ccccc2)cc1)c1ccc(-c2ccccc2)cc1. The first kappa shape index (κ1) is 28.1. The first-order valence-corrected chi connectivity index (χ1v) is 12.4. The third kappa shape index (κ3) is 7.13. The second-order valence-electron chi connectivity index (χ2n) is 8.84. The number of Topliss-reactive ketones (excluding diaryl/α,β-unsaturated/α-hetero) is 2. The Morgan fingerprint density at radius 3 is 1.10 bits per heavy atom. The number of aliphatic hydroxyl groups excluding tert-OH is 2. The Morgan fingerprint density at radius 1 is 0.475 bits per heavy atom. The molecule has 0 aromatic heterocycles. The highest BCUT2D eigenvalue weighted by Gasteiger charge is 2.33. The van der Waals surface area contributed by atoms with Gasteiger partial charge in [0, 0.05) is 11.1 Å². The summed E-state index contributed by atoms with van der Waals surface area (Å²) in [7, 11) is 0. The molecule has 8 heteroatoms. The number of carbonyl (C=O) groups excluding carboxylic acids is 4. The van der Waals surface area contributed by atoms with E-state index in [1.165, 1.54) is 0 Å². The lowest BCUT2D eigenvalue weighted by Gasteiger charge is -2.15. The predicted molar refractivity (Wildman–Crippen MR) is 146 cm³/mol. The number of hydrogen-bond acceptors (Lipinski definition) is 8. The molecule has 2 atom stereocenters. The van der Waals surface area contributed by atoms with Gasteiger partial charge in [-0.1, -0.05) is 109 Å². The van der Waals surface area contributed by atoms with E-state index in [2.05, 4.69) is 0 Å². The van der Waals surface area contributed by atoms with Crippen LogP contribution in [0.1, 0.15) is 20.7 Å². The maximum Gasteiger partial charge on any atom is 0.338 e. The van der Waals surface area contributed by atoms with Gasteiger partial charge in [-0.05, 0) is 22.3 Å². The summed E-state index contributed by atoms with van der Waals surface area (Å²) in [5.41, 5.74) is 4.29. The van der Waals surface area contributed by atoms with E-state index in [0.717, 1.165) is 22.3 Å². The topological polar surface area (TPSA) is 127 Å². The van der Waals surface area contributed by atoms with E-state index in [-0.39, 0.29) is 11.1 Å². The average Bonchev–Trinajstić information content (AvgIpc) is 3.02. The van der Waals surface area contributed by atoms with Crippen molar-refractivity contribution in [3.63, 3.8) is 0 Å². The number of ketones is 2. The molecule has 0 aliphatic carbocycles. The zero-order valence-electron chi connectivity index (χ0n) is 21.3. The molecule has 40 heavy (non-hydrogen) atoms. The molecule has 0 spiro atoms. The molecule has 202 valence electrons. The zero-order valence-corrected chi connectivity index (χ0v) is 21.3. The van der Waals surface area contributed by atoms with Gasteiger partial charge in [0.05, 0.1) is 0 Å². The van der Waals surface area contributed by atoms with E-state index < -0.39 is 48.9 Å². The second kappa shape index (κ2) is 13.2. The highest BCUT2D eigenvalue weighted by molar-refractivity contribution is 5.99.